The summed E-state index contributed by atoms with van der Waals surface area (Å²) in [4.78, 5) is 8.63. The molecule has 19 heavy (non-hydrogen) atoms. The summed E-state index contributed by atoms with van der Waals surface area (Å²) in [6.07, 6.45) is 8.50. The molecule has 0 aliphatic rings. The average molecular weight is 303 g/mol. The highest BCUT2D eigenvalue weighted by Crippen LogP contribution is 2.33. The zero-order valence-electron chi connectivity index (χ0n) is 11.7. The number of hydrogen-bond acceptors (Lipinski definition) is 4. The number of hydrogen-bond donors (Lipinski definition) is 0. The molecule has 5 nitrogen and oxygen atoms in total. The van der Waals surface area contributed by atoms with Gasteiger partial charge >= 0.3 is 0 Å². The highest BCUT2D eigenvalue weighted by molar-refractivity contribution is 8.32. The van der Waals surface area contributed by atoms with E-state index in [1.165, 1.54) is 0 Å². The van der Waals surface area contributed by atoms with E-state index < -0.39 is 10.0 Å². The van der Waals surface area contributed by atoms with E-state index in [9.17, 15) is 0 Å². The molecule has 2 aromatic heterocycles. The highest BCUT2D eigenvalue weighted by Gasteiger charge is 2.09. The fourth-order valence-corrected chi connectivity index (χ4v) is 2.26. The Kier molecular flexibility index (Phi) is 4.32. The van der Waals surface area contributed by atoms with Crippen LogP contribution < -0.4 is 0 Å². The van der Waals surface area contributed by atoms with Gasteiger partial charge in [0, 0.05) is 5.75 Å². The van der Waals surface area contributed by atoms with Crippen molar-refractivity contribution in [3.63, 3.8) is 0 Å². The minimum absolute atomic E-state index is 0.382. The van der Waals surface area contributed by atoms with Gasteiger partial charge < -0.3 is 4.74 Å². The first kappa shape index (κ1) is 14.6. The topological polar surface area (TPSA) is 52.8 Å². The van der Waals surface area contributed by atoms with Gasteiger partial charge in [-0.25, -0.2) is 24.7 Å². The minimum Gasteiger partial charge on any atom is -0.358 e. The lowest BCUT2D eigenvalue weighted by molar-refractivity contribution is 0.0836. The molecule has 106 valence electrons. The molecule has 0 spiro atoms. The Morgan fingerprint density at radius 1 is 1.32 bits per heavy atom. The monoisotopic (exact) mass is 302 g/mol. The lowest BCUT2D eigenvalue weighted by atomic mass is 10.5. The van der Waals surface area contributed by atoms with E-state index in [1.807, 2.05) is 6.92 Å². The SMILES string of the molecule is Cc1nc2cnn(COCCS(C)(C)C)c2nc1Cl. The van der Waals surface area contributed by atoms with E-state index in [1.54, 1.807) is 10.9 Å². The summed E-state index contributed by atoms with van der Waals surface area (Å²) >= 11 is 5.99. The molecule has 7 heteroatoms. The summed E-state index contributed by atoms with van der Waals surface area (Å²) in [5, 5.41) is 4.64. The standard InChI is InChI=1S/C12H19ClN4OS/c1-9-11(13)16-12-10(15-9)7-14-17(12)8-18-5-6-19(2,3)4/h7H,5-6,8H2,1-4H3. The largest absolute Gasteiger partial charge is 0.358 e. The van der Waals surface area contributed by atoms with E-state index in [4.69, 9.17) is 16.3 Å². The van der Waals surface area contributed by atoms with E-state index >= 15 is 0 Å². The summed E-state index contributed by atoms with van der Waals surface area (Å²) < 4.78 is 7.33. The zero-order valence-corrected chi connectivity index (χ0v) is 13.3. The second-order valence-electron chi connectivity index (χ2n) is 5.29. The Hall–Kier alpha value is -0.850. The van der Waals surface area contributed by atoms with E-state index in [0.717, 1.165) is 17.9 Å². The second kappa shape index (κ2) is 5.64. The predicted molar refractivity (Wildman–Crippen MR) is 81.3 cm³/mol. The second-order valence-corrected chi connectivity index (χ2v) is 10.2. The van der Waals surface area contributed by atoms with Crippen molar-refractivity contribution in [3.8, 4) is 0 Å². The number of aryl methyl sites for hydroxylation is 1. The predicted octanol–water partition coefficient (Wildman–Crippen LogP) is 2.46. The summed E-state index contributed by atoms with van der Waals surface area (Å²) in [7, 11) is -0.524. The summed E-state index contributed by atoms with van der Waals surface area (Å²) in [6, 6.07) is 0. The van der Waals surface area contributed by atoms with Crippen molar-refractivity contribution in [3.05, 3.63) is 17.0 Å². The van der Waals surface area contributed by atoms with E-state index in [2.05, 4.69) is 33.8 Å². The van der Waals surface area contributed by atoms with Crippen molar-refractivity contribution in [1.82, 2.24) is 19.7 Å². The molecule has 0 unspecified atom stereocenters. The molecular formula is C12H19ClN4OS. The fourth-order valence-electron chi connectivity index (χ4n) is 1.52. The summed E-state index contributed by atoms with van der Waals surface area (Å²) in [5.74, 6) is 1.08. The molecule has 0 amide bonds. The third-order valence-corrected chi connectivity index (χ3v) is 4.39. The van der Waals surface area contributed by atoms with Crippen LogP contribution in [0.1, 0.15) is 5.69 Å². The third-order valence-electron chi connectivity index (χ3n) is 2.64. The Morgan fingerprint density at radius 3 is 2.74 bits per heavy atom. The molecule has 2 aromatic rings. The van der Waals surface area contributed by atoms with E-state index in [0.29, 0.717) is 23.2 Å². The molecule has 0 N–H and O–H groups in total. The first-order valence-corrected chi connectivity index (χ1v) is 9.37. The first-order valence-electron chi connectivity index (χ1n) is 5.96. The normalized spacial score (nSPS) is 13.1. The summed E-state index contributed by atoms with van der Waals surface area (Å²) in [5.41, 5.74) is 2.12. The Balaban J connectivity index is 2.03. The van der Waals surface area contributed by atoms with Gasteiger partial charge in [0.15, 0.2) is 10.8 Å². The van der Waals surface area contributed by atoms with Crippen LogP contribution in [0.15, 0.2) is 6.20 Å². The number of fused-ring (bicyclic) bond motifs is 1. The molecule has 0 aromatic carbocycles. The Bertz CT molecular complexity index is 579. The quantitative estimate of drug-likeness (QED) is 0.796. The van der Waals surface area contributed by atoms with Crippen LogP contribution in [0.3, 0.4) is 0 Å². The lowest BCUT2D eigenvalue weighted by Gasteiger charge is -2.24. The maximum atomic E-state index is 5.99. The molecule has 0 atom stereocenters. The lowest BCUT2D eigenvalue weighted by Crippen LogP contribution is -2.11. The molecule has 0 aliphatic heterocycles. The van der Waals surface area contributed by atoms with Crippen LogP contribution in [0.25, 0.3) is 11.2 Å². The third kappa shape index (κ3) is 3.81. The van der Waals surface area contributed by atoms with Crippen molar-refractivity contribution in [2.24, 2.45) is 0 Å². The van der Waals surface area contributed by atoms with Crippen LogP contribution in [0.5, 0.6) is 0 Å². The van der Waals surface area contributed by atoms with Crippen LogP contribution in [-0.2, 0) is 11.5 Å². The van der Waals surface area contributed by atoms with Crippen LogP contribution in [-0.4, -0.2) is 50.9 Å². The van der Waals surface area contributed by atoms with Gasteiger partial charge in [-0.15, -0.1) is 0 Å². The van der Waals surface area contributed by atoms with Gasteiger partial charge in [-0.05, 0) is 25.7 Å². The molecule has 0 bridgehead atoms. The molecule has 0 fully saturated rings. The van der Waals surface area contributed by atoms with Gasteiger partial charge in [-0.1, -0.05) is 11.6 Å². The van der Waals surface area contributed by atoms with Gasteiger partial charge in [0.2, 0.25) is 0 Å². The molecule has 0 saturated heterocycles. The van der Waals surface area contributed by atoms with Crippen LogP contribution in [0.2, 0.25) is 5.15 Å². The van der Waals surface area contributed by atoms with Crippen molar-refractivity contribution in [2.75, 3.05) is 31.1 Å². The van der Waals surface area contributed by atoms with Gasteiger partial charge in [-0.3, -0.25) is 0 Å². The van der Waals surface area contributed by atoms with Crippen LogP contribution in [0.4, 0.5) is 0 Å². The van der Waals surface area contributed by atoms with Gasteiger partial charge in [0.1, 0.15) is 12.2 Å². The smallest absolute Gasteiger partial charge is 0.180 e. The molecule has 0 aliphatic carbocycles. The molecule has 2 rings (SSSR count). The maximum Gasteiger partial charge on any atom is 0.180 e. The highest BCUT2D eigenvalue weighted by atomic mass is 35.5. The van der Waals surface area contributed by atoms with Gasteiger partial charge in [0.05, 0.1) is 18.5 Å². The van der Waals surface area contributed by atoms with Crippen molar-refractivity contribution in [2.45, 2.75) is 13.7 Å². The zero-order chi connectivity index (χ0) is 14.0. The number of halogens is 1. The van der Waals surface area contributed by atoms with Crippen molar-refractivity contribution >= 4 is 32.8 Å². The number of nitrogens with zero attached hydrogens (tertiary/aromatic N) is 4. The Labute approximate surface area is 119 Å². The number of aromatic nitrogens is 4. The average Bonchev–Trinajstić information content (AvgIpc) is 2.67. The van der Waals surface area contributed by atoms with Gasteiger partial charge in [-0.2, -0.15) is 5.10 Å². The summed E-state index contributed by atoms with van der Waals surface area (Å²) in [6.45, 7) is 2.94. The fraction of sp³-hybridized carbons (Fsp3) is 0.583. The molecule has 2 heterocycles. The van der Waals surface area contributed by atoms with Crippen LogP contribution in [0, 0.1) is 6.92 Å². The minimum atomic E-state index is -0.524. The van der Waals surface area contributed by atoms with Gasteiger partial charge in [0.25, 0.3) is 0 Å². The van der Waals surface area contributed by atoms with Crippen LogP contribution >= 0.6 is 21.6 Å². The Morgan fingerprint density at radius 2 is 2.05 bits per heavy atom. The molecule has 0 radical (unpaired) electrons. The number of rotatable bonds is 5. The number of ether oxygens (including phenoxy) is 1. The maximum absolute atomic E-state index is 5.99. The molecule has 0 saturated carbocycles. The van der Waals surface area contributed by atoms with Crippen molar-refractivity contribution < 1.29 is 4.74 Å². The first-order chi connectivity index (χ1) is 8.87. The van der Waals surface area contributed by atoms with E-state index in [-0.39, 0.29) is 0 Å². The molecular weight excluding hydrogens is 284 g/mol. The van der Waals surface area contributed by atoms with Crippen molar-refractivity contribution in [1.29, 1.82) is 0 Å².